The van der Waals surface area contributed by atoms with Gasteiger partial charge in [-0.15, -0.1) is 0 Å². The Bertz CT molecular complexity index is 1040. The van der Waals surface area contributed by atoms with Crippen molar-refractivity contribution in [3.8, 4) is 17.1 Å². The SMILES string of the molecule is COC(=O)CN1C(=O)SC(=Cc2ccc(-c3cc([N+](=O)[O-])ccc3OC)o2)C1=O. The summed E-state index contributed by atoms with van der Waals surface area (Å²) in [6.45, 7) is -0.479. The second kappa shape index (κ2) is 8.19. The molecule has 11 heteroatoms. The molecule has 0 spiro atoms. The zero-order valence-electron chi connectivity index (χ0n) is 15.2. The molecule has 2 heterocycles. The van der Waals surface area contributed by atoms with Crippen LogP contribution in [0, 0.1) is 10.1 Å². The molecular formula is C18H14N2O8S. The monoisotopic (exact) mass is 418 g/mol. The fourth-order valence-electron chi connectivity index (χ4n) is 2.54. The van der Waals surface area contributed by atoms with E-state index in [-0.39, 0.29) is 22.1 Å². The minimum absolute atomic E-state index is 0.0748. The molecule has 0 bridgehead atoms. The van der Waals surface area contributed by atoms with E-state index < -0.39 is 28.6 Å². The smallest absolute Gasteiger partial charge is 0.325 e. The van der Waals surface area contributed by atoms with Crippen LogP contribution in [0.3, 0.4) is 0 Å². The summed E-state index contributed by atoms with van der Waals surface area (Å²) in [6.07, 6.45) is 1.36. The van der Waals surface area contributed by atoms with Crippen LogP contribution in [0.2, 0.25) is 0 Å². The van der Waals surface area contributed by atoms with Gasteiger partial charge >= 0.3 is 5.97 Å². The molecule has 0 unspecified atom stereocenters. The molecule has 1 aromatic carbocycles. The standard InChI is InChI=1S/C18H14N2O8S/c1-26-13-5-3-10(20(24)25)7-12(13)14-6-4-11(28-14)8-15-17(22)19(18(23)29-15)9-16(21)27-2/h3-8H,9H2,1-2H3. The van der Waals surface area contributed by atoms with E-state index >= 15 is 0 Å². The highest BCUT2D eigenvalue weighted by atomic mass is 32.2. The molecule has 2 amide bonds. The average Bonchev–Trinajstić information content (AvgIpc) is 3.27. The Balaban J connectivity index is 1.89. The maximum Gasteiger partial charge on any atom is 0.325 e. The molecule has 1 aromatic heterocycles. The van der Waals surface area contributed by atoms with E-state index in [2.05, 4.69) is 4.74 Å². The van der Waals surface area contributed by atoms with Crippen LogP contribution in [-0.2, 0) is 14.3 Å². The molecule has 0 N–H and O–H groups in total. The Morgan fingerprint density at radius 1 is 1.28 bits per heavy atom. The first-order valence-corrected chi connectivity index (χ1v) is 8.90. The maximum absolute atomic E-state index is 12.3. The number of ether oxygens (including phenoxy) is 2. The van der Waals surface area contributed by atoms with E-state index in [0.29, 0.717) is 23.1 Å². The molecular weight excluding hydrogens is 404 g/mol. The number of thioether (sulfide) groups is 1. The fraction of sp³-hybridized carbons (Fsp3) is 0.167. The normalized spacial score (nSPS) is 15.1. The Labute approximate surface area is 168 Å². The van der Waals surface area contributed by atoms with E-state index in [4.69, 9.17) is 9.15 Å². The minimum atomic E-state index is -0.716. The minimum Gasteiger partial charge on any atom is -0.496 e. The summed E-state index contributed by atoms with van der Waals surface area (Å²) in [5.41, 5.74) is 0.225. The van der Waals surface area contributed by atoms with Gasteiger partial charge in [0.25, 0.3) is 16.8 Å². The number of nitro benzene ring substituents is 1. The molecule has 1 aliphatic heterocycles. The number of furan rings is 1. The maximum atomic E-state index is 12.3. The Morgan fingerprint density at radius 2 is 2.03 bits per heavy atom. The molecule has 10 nitrogen and oxygen atoms in total. The van der Waals surface area contributed by atoms with Gasteiger partial charge in [-0.05, 0) is 30.0 Å². The third kappa shape index (κ3) is 4.14. The molecule has 29 heavy (non-hydrogen) atoms. The summed E-state index contributed by atoms with van der Waals surface area (Å²) in [5, 5.41) is 10.4. The van der Waals surface area contributed by atoms with Gasteiger partial charge in [-0.3, -0.25) is 29.4 Å². The predicted molar refractivity (Wildman–Crippen MR) is 102 cm³/mol. The topological polar surface area (TPSA) is 129 Å². The van der Waals surface area contributed by atoms with E-state index in [1.165, 1.54) is 31.4 Å². The van der Waals surface area contributed by atoms with Gasteiger partial charge in [0.2, 0.25) is 0 Å². The molecule has 0 radical (unpaired) electrons. The number of rotatable bonds is 6. The molecule has 1 aliphatic rings. The number of hydrogen-bond acceptors (Lipinski definition) is 9. The number of benzene rings is 1. The third-order valence-corrected chi connectivity index (χ3v) is 4.86. The van der Waals surface area contributed by atoms with Crippen LogP contribution in [0.1, 0.15) is 5.76 Å². The van der Waals surface area contributed by atoms with Gasteiger partial charge in [-0.25, -0.2) is 0 Å². The van der Waals surface area contributed by atoms with Crippen LogP contribution in [0.4, 0.5) is 10.5 Å². The van der Waals surface area contributed by atoms with Gasteiger partial charge < -0.3 is 13.9 Å². The van der Waals surface area contributed by atoms with Crippen LogP contribution >= 0.6 is 11.8 Å². The number of esters is 1. The van der Waals surface area contributed by atoms with Crippen LogP contribution in [0.15, 0.2) is 39.7 Å². The Kier molecular flexibility index (Phi) is 5.69. The van der Waals surface area contributed by atoms with Crippen LogP contribution in [0.5, 0.6) is 5.75 Å². The zero-order valence-corrected chi connectivity index (χ0v) is 16.1. The Hall–Kier alpha value is -3.60. The van der Waals surface area contributed by atoms with Gasteiger partial charge in [0, 0.05) is 18.2 Å². The summed E-state index contributed by atoms with van der Waals surface area (Å²) in [6, 6.07) is 7.18. The lowest BCUT2D eigenvalue weighted by atomic mass is 10.1. The first kappa shape index (κ1) is 20.1. The molecule has 0 atom stereocenters. The predicted octanol–water partition coefficient (Wildman–Crippen LogP) is 3.07. The third-order valence-electron chi connectivity index (χ3n) is 3.95. The first-order chi connectivity index (χ1) is 13.8. The van der Waals surface area contributed by atoms with Gasteiger partial charge in [-0.1, -0.05) is 0 Å². The summed E-state index contributed by atoms with van der Waals surface area (Å²) < 4.78 is 15.4. The molecule has 2 aromatic rings. The van der Waals surface area contributed by atoms with Gasteiger partial charge in [0.15, 0.2) is 0 Å². The van der Waals surface area contributed by atoms with Crippen molar-refractivity contribution in [3.05, 3.63) is 51.1 Å². The lowest BCUT2D eigenvalue weighted by Gasteiger charge is -2.09. The van der Waals surface area contributed by atoms with E-state index in [1.807, 2.05) is 0 Å². The number of carbonyl (C=O) groups is 3. The lowest BCUT2D eigenvalue weighted by Crippen LogP contribution is -2.34. The van der Waals surface area contributed by atoms with E-state index in [1.54, 1.807) is 12.1 Å². The van der Waals surface area contributed by atoms with Crippen molar-refractivity contribution < 1.29 is 33.2 Å². The number of methoxy groups -OCH3 is 2. The molecule has 0 aliphatic carbocycles. The van der Waals surface area contributed by atoms with Crippen molar-refractivity contribution in [1.29, 1.82) is 0 Å². The molecule has 0 saturated carbocycles. The quantitative estimate of drug-likeness (QED) is 0.301. The van der Waals surface area contributed by atoms with Gasteiger partial charge in [0.1, 0.15) is 23.8 Å². The Morgan fingerprint density at radius 3 is 2.69 bits per heavy atom. The van der Waals surface area contributed by atoms with Crippen molar-refractivity contribution in [2.75, 3.05) is 20.8 Å². The van der Waals surface area contributed by atoms with Crippen LogP contribution in [-0.4, -0.2) is 47.7 Å². The van der Waals surface area contributed by atoms with Crippen LogP contribution in [0.25, 0.3) is 17.4 Å². The fourth-order valence-corrected chi connectivity index (χ4v) is 3.35. The van der Waals surface area contributed by atoms with Crippen molar-refractivity contribution in [2.24, 2.45) is 0 Å². The number of carbonyl (C=O) groups excluding carboxylic acids is 3. The van der Waals surface area contributed by atoms with Crippen molar-refractivity contribution in [3.63, 3.8) is 0 Å². The van der Waals surface area contributed by atoms with Crippen molar-refractivity contribution >= 4 is 40.6 Å². The molecule has 3 rings (SSSR count). The summed E-state index contributed by atoms with van der Waals surface area (Å²) in [4.78, 5) is 47.0. The average molecular weight is 418 g/mol. The van der Waals surface area contributed by atoms with Crippen molar-refractivity contribution in [1.82, 2.24) is 4.90 Å². The van der Waals surface area contributed by atoms with Crippen LogP contribution < -0.4 is 4.74 Å². The number of imide groups is 1. The summed E-state index contributed by atoms with van der Waals surface area (Å²) in [5.74, 6) is -0.458. The largest absolute Gasteiger partial charge is 0.496 e. The summed E-state index contributed by atoms with van der Waals surface area (Å²) in [7, 11) is 2.58. The highest BCUT2D eigenvalue weighted by molar-refractivity contribution is 8.18. The second-order valence-corrected chi connectivity index (χ2v) is 6.68. The molecule has 1 saturated heterocycles. The number of non-ortho nitro benzene ring substituents is 1. The highest BCUT2D eigenvalue weighted by Gasteiger charge is 2.36. The lowest BCUT2D eigenvalue weighted by molar-refractivity contribution is -0.384. The number of amides is 2. The summed E-state index contributed by atoms with van der Waals surface area (Å²) >= 11 is 0.665. The van der Waals surface area contributed by atoms with Gasteiger partial charge in [-0.2, -0.15) is 0 Å². The number of nitro groups is 1. The van der Waals surface area contributed by atoms with E-state index in [0.717, 1.165) is 12.0 Å². The zero-order chi connectivity index (χ0) is 21.1. The first-order valence-electron chi connectivity index (χ1n) is 8.09. The number of nitrogens with zero attached hydrogens (tertiary/aromatic N) is 2. The molecule has 1 fully saturated rings. The second-order valence-electron chi connectivity index (χ2n) is 5.69. The number of hydrogen-bond donors (Lipinski definition) is 0. The van der Waals surface area contributed by atoms with E-state index in [9.17, 15) is 24.5 Å². The van der Waals surface area contributed by atoms with Crippen molar-refractivity contribution in [2.45, 2.75) is 0 Å². The van der Waals surface area contributed by atoms with Gasteiger partial charge in [0.05, 0.1) is 29.6 Å². The highest BCUT2D eigenvalue weighted by Crippen LogP contribution is 2.36. The molecule has 150 valence electrons.